The van der Waals surface area contributed by atoms with E-state index in [1.807, 2.05) is 48.5 Å². The first-order chi connectivity index (χ1) is 12.2. The third-order valence-corrected chi connectivity index (χ3v) is 4.15. The third-order valence-electron chi connectivity index (χ3n) is 3.82. The lowest BCUT2D eigenvalue weighted by Gasteiger charge is -2.11. The first-order valence-electron chi connectivity index (χ1n) is 7.75. The van der Waals surface area contributed by atoms with Crippen molar-refractivity contribution >= 4 is 34.0 Å². The molecule has 0 atom stereocenters. The number of benzene rings is 3. The lowest BCUT2D eigenvalue weighted by atomic mass is 10.1. The molecule has 0 radical (unpaired) electrons. The smallest absolute Gasteiger partial charge is 0.163 e. The first-order valence-corrected chi connectivity index (χ1v) is 8.13. The van der Waals surface area contributed by atoms with E-state index in [0.29, 0.717) is 16.7 Å². The molecule has 0 fully saturated rings. The van der Waals surface area contributed by atoms with Crippen LogP contribution in [0.3, 0.4) is 0 Å². The average Bonchev–Trinajstić information content (AvgIpc) is 2.64. The molecule has 4 rings (SSSR count). The maximum atomic E-state index is 13.1. The van der Waals surface area contributed by atoms with E-state index in [9.17, 15) is 4.39 Å². The molecule has 0 aliphatic rings. The monoisotopic (exact) mass is 349 g/mol. The molecule has 3 nitrogen and oxygen atoms in total. The highest BCUT2D eigenvalue weighted by Crippen LogP contribution is 2.30. The number of rotatable bonds is 3. The van der Waals surface area contributed by atoms with Crippen molar-refractivity contribution in [2.24, 2.45) is 0 Å². The van der Waals surface area contributed by atoms with Gasteiger partial charge >= 0.3 is 0 Å². The molecule has 1 aromatic heterocycles. The summed E-state index contributed by atoms with van der Waals surface area (Å²) in [5, 5.41) is 4.71. The van der Waals surface area contributed by atoms with Crippen molar-refractivity contribution in [2.75, 3.05) is 5.32 Å². The average molecular weight is 350 g/mol. The second kappa shape index (κ2) is 6.49. The normalized spacial score (nSPS) is 10.8. The fraction of sp³-hybridized carbons (Fsp3) is 0. The Morgan fingerprint density at radius 2 is 1.52 bits per heavy atom. The largest absolute Gasteiger partial charge is 0.340 e. The van der Waals surface area contributed by atoms with Crippen LogP contribution in [0.1, 0.15) is 0 Å². The minimum atomic E-state index is -0.283. The van der Waals surface area contributed by atoms with Crippen molar-refractivity contribution < 1.29 is 4.39 Å². The highest BCUT2D eigenvalue weighted by Gasteiger charge is 2.11. The molecule has 3 aromatic carbocycles. The fourth-order valence-corrected chi connectivity index (χ4v) is 2.83. The molecule has 5 heteroatoms. The Hall–Kier alpha value is -2.98. The number of nitrogens with zero attached hydrogens (tertiary/aromatic N) is 2. The van der Waals surface area contributed by atoms with Crippen LogP contribution >= 0.6 is 11.6 Å². The molecule has 0 amide bonds. The number of para-hydroxylation sites is 1. The molecular weight excluding hydrogens is 337 g/mol. The number of aromatic nitrogens is 2. The van der Waals surface area contributed by atoms with E-state index >= 15 is 0 Å². The van der Waals surface area contributed by atoms with E-state index in [1.165, 1.54) is 12.1 Å². The van der Waals surface area contributed by atoms with Gasteiger partial charge in [0.05, 0.1) is 10.5 Å². The number of fused-ring (bicyclic) bond motifs is 1. The number of hydrogen-bond donors (Lipinski definition) is 1. The van der Waals surface area contributed by atoms with E-state index < -0.39 is 0 Å². The van der Waals surface area contributed by atoms with Gasteiger partial charge in [0.15, 0.2) is 5.82 Å². The van der Waals surface area contributed by atoms with Crippen LogP contribution in [0.4, 0.5) is 15.9 Å². The van der Waals surface area contributed by atoms with Crippen LogP contribution in [0.2, 0.25) is 5.02 Å². The molecule has 122 valence electrons. The second-order valence-corrected chi connectivity index (χ2v) is 5.93. The lowest BCUT2D eigenvalue weighted by Crippen LogP contribution is -1.99. The number of anilines is 2. The van der Waals surface area contributed by atoms with Gasteiger partial charge in [-0.3, -0.25) is 0 Å². The summed E-state index contributed by atoms with van der Waals surface area (Å²) in [4.78, 5) is 9.28. The fourth-order valence-electron chi connectivity index (χ4n) is 2.60. The Morgan fingerprint density at radius 3 is 2.32 bits per heavy atom. The molecule has 0 aliphatic carbocycles. The van der Waals surface area contributed by atoms with Crippen LogP contribution in [0, 0.1) is 5.82 Å². The lowest BCUT2D eigenvalue weighted by molar-refractivity contribution is 0.628. The predicted molar refractivity (Wildman–Crippen MR) is 99.7 cm³/mol. The summed E-state index contributed by atoms with van der Waals surface area (Å²) in [7, 11) is 0. The second-order valence-electron chi connectivity index (χ2n) is 5.52. The van der Waals surface area contributed by atoms with Crippen molar-refractivity contribution in [3.63, 3.8) is 0 Å². The van der Waals surface area contributed by atoms with Crippen LogP contribution < -0.4 is 5.32 Å². The Balaban J connectivity index is 1.87. The Labute approximate surface area is 149 Å². The Morgan fingerprint density at radius 1 is 0.800 bits per heavy atom. The highest BCUT2D eigenvalue weighted by atomic mass is 35.5. The van der Waals surface area contributed by atoms with E-state index in [2.05, 4.69) is 15.3 Å². The summed E-state index contributed by atoms with van der Waals surface area (Å²) in [5.41, 5.74) is 2.31. The summed E-state index contributed by atoms with van der Waals surface area (Å²) in [5.74, 6) is 0.899. The molecule has 25 heavy (non-hydrogen) atoms. The quantitative estimate of drug-likeness (QED) is 0.505. The van der Waals surface area contributed by atoms with Crippen molar-refractivity contribution in [3.05, 3.63) is 83.6 Å². The van der Waals surface area contributed by atoms with Crippen molar-refractivity contribution in [1.82, 2.24) is 9.97 Å². The van der Waals surface area contributed by atoms with Gasteiger partial charge in [-0.1, -0.05) is 35.9 Å². The Kier molecular flexibility index (Phi) is 4.04. The SMILES string of the molecule is Fc1ccc(Nc2nc(-c3ccccc3Cl)nc3ccccc23)cc1. The van der Waals surface area contributed by atoms with Crippen molar-refractivity contribution in [2.45, 2.75) is 0 Å². The predicted octanol–water partition coefficient (Wildman–Crippen LogP) is 5.83. The van der Waals surface area contributed by atoms with Gasteiger partial charge in [0.25, 0.3) is 0 Å². The van der Waals surface area contributed by atoms with Gasteiger partial charge in [-0.2, -0.15) is 0 Å². The highest BCUT2D eigenvalue weighted by molar-refractivity contribution is 6.33. The first kappa shape index (κ1) is 15.5. The molecule has 0 bridgehead atoms. The molecule has 1 N–H and O–H groups in total. The summed E-state index contributed by atoms with van der Waals surface area (Å²) in [6, 6.07) is 21.3. The van der Waals surface area contributed by atoms with Crippen molar-refractivity contribution in [1.29, 1.82) is 0 Å². The molecule has 1 heterocycles. The maximum Gasteiger partial charge on any atom is 0.163 e. The van der Waals surface area contributed by atoms with Crippen LogP contribution in [0.5, 0.6) is 0 Å². The van der Waals surface area contributed by atoms with Crippen LogP contribution in [-0.4, -0.2) is 9.97 Å². The van der Waals surface area contributed by atoms with Gasteiger partial charge in [-0.25, -0.2) is 14.4 Å². The summed E-state index contributed by atoms with van der Waals surface area (Å²) in [6.07, 6.45) is 0. The van der Waals surface area contributed by atoms with Gasteiger partial charge in [0, 0.05) is 16.6 Å². The van der Waals surface area contributed by atoms with Gasteiger partial charge in [0.1, 0.15) is 11.6 Å². The molecule has 4 aromatic rings. The van der Waals surface area contributed by atoms with Crippen LogP contribution in [0.25, 0.3) is 22.3 Å². The van der Waals surface area contributed by atoms with Gasteiger partial charge in [-0.05, 0) is 48.5 Å². The van der Waals surface area contributed by atoms with E-state index in [-0.39, 0.29) is 5.82 Å². The van der Waals surface area contributed by atoms with Gasteiger partial charge in [0.2, 0.25) is 0 Å². The minimum Gasteiger partial charge on any atom is -0.340 e. The van der Waals surface area contributed by atoms with Crippen LogP contribution in [0.15, 0.2) is 72.8 Å². The summed E-state index contributed by atoms with van der Waals surface area (Å²) in [6.45, 7) is 0. The van der Waals surface area contributed by atoms with Gasteiger partial charge < -0.3 is 5.32 Å². The molecular formula is C20H13ClFN3. The number of nitrogens with one attached hydrogen (secondary N) is 1. The molecule has 0 unspecified atom stereocenters. The summed E-state index contributed by atoms with van der Waals surface area (Å²) >= 11 is 6.30. The zero-order valence-corrected chi connectivity index (χ0v) is 13.8. The molecule has 0 saturated heterocycles. The minimum absolute atomic E-state index is 0.283. The molecule has 0 spiro atoms. The topological polar surface area (TPSA) is 37.8 Å². The standard InChI is InChI=1S/C20H13ClFN3/c21-17-7-3-1-5-15(17)19-24-18-8-4-2-6-16(18)20(25-19)23-14-11-9-13(22)10-12-14/h1-12H,(H,23,24,25). The van der Waals surface area contributed by atoms with E-state index in [4.69, 9.17) is 11.6 Å². The van der Waals surface area contributed by atoms with Crippen molar-refractivity contribution in [3.8, 4) is 11.4 Å². The van der Waals surface area contributed by atoms with Gasteiger partial charge in [-0.15, -0.1) is 0 Å². The van der Waals surface area contributed by atoms with E-state index in [0.717, 1.165) is 22.2 Å². The maximum absolute atomic E-state index is 13.1. The zero-order chi connectivity index (χ0) is 17.2. The molecule has 0 saturated carbocycles. The van der Waals surface area contributed by atoms with E-state index in [1.54, 1.807) is 12.1 Å². The zero-order valence-electron chi connectivity index (χ0n) is 13.1. The summed E-state index contributed by atoms with van der Waals surface area (Å²) < 4.78 is 13.1. The molecule has 0 aliphatic heterocycles. The third kappa shape index (κ3) is 3.16. The number of halogens is 2. The Bertz CT molecular complexity index is 1050. The number of hydrogen-bond acceptors (Lipinski definition) is 3. The van der Waals surface area contributed by atoms with Crippen LogP contribution in [-0.2, 0) is 0 Å².